The van der Waals surface area contributed by atoms with Crippen LogP contribution in [-0.2, 0) is 7.05 Å². The maximum atomic E-state index is 4.08. The van der Waals surface area contributed by atoms with Crippen LogP contribution < -0.4 is 0 Å². The third kappa shape index (κ3) is 2.46. The summed E-state index contributed by atoms with van der Waals surface area (Å²) in [5, 5.41) is 0. The molecule has 0 aliphatic heterocycles. The van der Waals surface area contributed by atoms with Crippen molar-refractivity contribution in [3.8, 4) is 11.8 Å². The fourth-order valence-electron chi connectivity index (χ4n) is 0.696. The van der Waals surface area contributed by atoms with Crippen molar-refractivity contribution in [3.63, 3.8) is 0 Å². The van der Waals surface area contributed by atoms with Crippen LogP contribution in [0.2, 0.25) is 0 Å². The molecule has 0 N–H and O–H groups in total. The number of nitrogens with zero attached hydrogens (tertiary/aromatic N) is 2. The van der Waals surface area contributed by atoms with Crippen LogP contribution >= 0.6 is 0 Å². The largest absolute Gasteiger partial charge is 0.339 e. The summed E-state index contributed by atoms with van der Waals surface area (Å²) in [6.07, 6.45) is 3.67. The Kier molecular flexibility index (Phi) is 2.32. The molecule has 0 saturated heterocycles. The Labute approximate surface area is 67.3 Å². The molecule has 1 aromatic heterocycles. The lowest BCUT2D eigenvalue weighted by Crippen LogP contribution is -1.80. The zero-order chi connectivity index (χ0) is 8.27. The molecule has 2 heteroatoms. The van der Waals surface area contributed by atoms with Crippen molar-refractivity contribution in [2.24, 2.45) is 13.0 Å². The minimum absolute atomic E-state index is 0.414. The van der Waals surface area contributed by atoms with Gasteiger partial charge in [-0.15, -0.1) is 0 Å². The van der Waals surface area contributed by atoms with Crippen molar-refractivity contribution in [3.05, 3.63) is 18.2 Å². The molecular weight excluding hydrogens is 136 g/mol. The number of rotatable bonds is 0. The van der Waals surface area contributed by atoms with Gasteiger partial charge in [0.2, 0.25) is 0 Å². The van der Waals surface area contributed by atoms with E-state index in [4.69, 9.17) is 0 Å². The van der Waals surface area contributed by atoms with Gasteiger partial charge in [-0.2, -0.15) is 0 Å². The molecule has 11 heavy (non-hydrogen) atoms. The van der Waals surface area contributed by atoms with Crippen LogP contribution in [0.1, 0.15) is 19.5 Å². The predicted molar refractivity (Wildman–Crippen MR) is 44.9 cm³/mol. The average Bonchev–Trinajstić information content (AvgIpc) is 2.31. The summed E-state index contributed by atoms with van der Waals surface area (Å²) >= 11 is 0. The summed E-state index contributed by atoms with van der Waals surface area (Å²) in [4.78, 5) is 4.08. The van der Waals surface area contributed by atoms with Gasteiger partial charge in [-0.1, -0.05) is 19.8 Å². The van der Waals surface area contributed by atoms with Crippen molar-refractivity contribution in [1.82, 2.24) is 9.55 Å². The Morgan fingerprint density at radius 2 is 2.27 bits per heavy atom. The minimum Gasteiger partial charge on any atom is -0.339 e. The van der Waals surface area contributed by atoms with E-state index in [9.17, 15) is 0 Å². The van der Waals surface area contributed by atoms with E-state index in [1.54, 1.807) is 6.33 Å². The van der Waals surface area contributed by atoms with Gasteiger partial charge in [0.1, 0.15) is 5.69 Å². The number of aryl methyl sites for hydroxylation is 1. The first kappa shape index (κ1) is 7.87. The van der Waals surface area contributed by atoms with E-state index in [0.29, 0.717) is 5.92 Å². The normalized spacial score (nSPS) is 9.45. The van der Waals surface area contributed by atoms with E-state index in [1.165, 1.54) is 0 Å². The van der Waals surface area contributed by atoms with Gasteiger partial charge in [0.05, 0.1) is 6.33 Å². The molecule has 0 spiro atoms. The molecule has 0 saturated carbocycles. The first-order valence-corrected chi connectivity index (χ1v) is 3.68. The minimum atomic E-state index is 0.414. The van der Waals surface area contributed by atoms with E-state index >= 15 is 0 Å². The highest BCUT2D eigenvalue weighted by atomic mass is 15.0. The summed E-state index contributed by atoms with van der Waals surface area (Å²) in [6.45, 7) is 4.13. The summed E-state index contributed by atoms with van der Waals surface area (Å²) < 4.78 is 1.89. The molecule has 0 aliphatic rings. The quantitative estimate of drug-likeness (QED) is 0.509. The highest BCUT2D eigenvalue weighted by molar-refractivity contribution is 5.25. The van der Waals surface area contributed by atoms with Gasteiger partial charge in [-0.05, 0) is 5.92 Å². The molecule has 0 bridgehead atoms. The number of hydrogen-bond acceptors (Lipinski definition) is 1. The standard InChI is InChI=1S/C9H12N2/c1-8(2)4-5-9-6-11(3)7-10-9/h6-8H,1-3H3. The van der Waals surface area contributed by atoms with E-state index in [1.807, 2.05) is 17.8 Å². The van der Waals surface area contributed by atoms with Crippen LogP contribution in [0.25, 0.3) is 0 Å². The molecule has 1 rings (SSSR count). The fourth-order valence-corrected chi connectivity index (χ4v) is 0.696. The molecule has 58 valence electrons. The average molecular weight is 148 g/mol. The van der Waals surface area contributed by atoms with Crippen LogP contribution in [0.3, 0.4) is 0 Å². The topological polar surface area (TPSA) is 17.8 Å². The van der Waals surface area contributed by atoms with Gasteiger partial charge in [0, 0.05) is 19.2 Å². The summed E-state index contributed by atoms with van der Waals surface area (Å²) in [5.74, 6) is 6.45. The second-order valence-electron chi connectivity index (χ2n) is 2.85. The zero-order valence-electron chi connectivity index (χ0n) is 7.13. The van der Waals surface area contributed by atoms with E-state index in [-0.39, 0.29) is 0 Å². The van der Waals surface area contributed by atoms with Crippen molar-refractivity contribution >= 4 is 0 Å². The van der Waals surface area contributed by atoms with Gasteiger partial charge in [0.25, 0.3) is 0 Å². The van der Waals surface area contributed by atoms with Crippen molar-refractivity contribution in [1.29, 1.82) is 0 Å². The number of hydrogen-bond donors (Lipinski definition) is 0. The van der Waals surface area contributed by atoms with E-state index in [2.05, 4.69) is 30.7 Å². The number of imidazole rings is 1. The zero-order valence-corrected chi connectivity index (χ0v) is 7.13. The maximum absolute atomic E-state index is 4.08. The highest BCUT2D eigenvalue weighted by Crippen LogP contribution is 1.92. The lowest BCUT2D eigenvalue weighted by Gasteiger charge is -1.85. The Hall–Kier alpha value is -1.23. The second kappa shape index (κ2) is 3.25. The van der Waals surface area contributed by atoms with Crippen LogP contribution in [0.5, 0.6) is 0 Å². The Morgan fingerprint density at radius 1 is 1.55 bits per heavy atom. The highest BCUT2D eigenvalue weighted by Gasteiger charge is 1.89. The molecule has 1 heterocycles. The van der Waals surface area contributed by atoms with Gasteiger partial charge >= 0.3 is 0 Å². The maximum Gasteiger partial charge on any atom is 0.131 e. The van der Waals surface area contributed by atoms with Gasteiger partial charge < -0.3 is 4.57 Å². The van der Waals surface area contributed by atoms with Gasteiger partial charge in [-0.25, -0.2) is 4.98 Å². The Bertz CT molecular complexity index is 286. The lowest BCUT2D eigenvalue weighted by molar-refractivity contribution is 0.866. The van der Waals surface area contributed by atoms with Crippen molar-refractivity contribution in [2.45, 2.75) is 13.8 Å². The first-order valence-electron chi connectivity index (χ1n) is 3.68. The molecule has 0 unspecified atom stereocenters. The van der Waals surface area contributed by atoms with Crippen LogP contribution in [0, 0.1) is 17.8 Å². The van der Waals surface area contributed by atoms with E-state index < -0.39 is 0 Å². The second-order valence-corrected chi connectivity index (χ2v) is 2.85. The van der Waals surface area contributed by atoms with Gasteiger partial charge in [-0.3, -0.25) is 0 Å². The smallest absolute Gasteiger partial charge is 0.131 e. The van der Waals surface area contributed by atoms with Gasteiger partial charge in [0.15, 0.2) is 0 Å². The number of aromatic nitrogens is 2. The summed E-state index contributed by atoms with van der Waals surface area (Å²) in [6, 6.07) is 0. The predicted octanol–water partition coefficient (Wildman–Crippen LogP) is 1.43. The van der Waals surface area contributed by atoms with Crippen molar-refractivity contribution < 1.29 is 0 Å². The van der Waals surface area contributed by atoms with Crippen LogP contribution in [0.4, 0.5) is 0 Å². The molecule has 0 atom stereocenters. The molecule has 2 nitrogen and oxygen atoms in total. The van der Waals surface area contributed by atoms with E-state index in [0.717, 1.165) is 5.69 Å². The molecular formula is C9H12N2. The molecule has 0 amide bonds. The van der Waals surface area contributed by atoms with Crippen LogP contribution in [-0.4, -0.2) is 9.55 Å². The monoisotopic (exact) mass is 148 g/mol. The molecule has 0 aliphatic carbocycles. The molecule has 1 aromatic rings. The SMILES string of the molecule is CC(C)C#Cc1cn(C)cn1. The molecule has 0 radical (unpaired) electrons. The Balaban J connectivity index is 2.74. The third-order valence-electron chi connectivity index (χ3n) is 1.19. The van der Waals surface area contributed by atoms with Crippen molar-refractivity contribution in [2.75, 3.05) is 0 Å². The molecule has 0 aromatic carbocycles. The first-order chi connectivity index (χ1) is 5.18. The molecule has 0 fully saturated rings. The summed E-state index contributed by atoms with van der Waals surface area (Å²) in [7, 11) is 1.94. The lowest BCUT2D eigenvalue weighted by atomic mass is 10.2. The fraction of sp³-hybridized carbons (Fsp3) is 0.444. The third-order valence-corrected chi connectivity index (χ3v) is 1.19. The summed E-state index contributed by atoms with van der Waals surface area (Å²) in [5.41, 5.74) is 0.848. The van der Waals surface area contributed by atoms with Crippen LogP contribution in [0.15, 0.2) is 12.5 Å². The Morgan fingerprint density at radius 3 is 2.73 bits per heavy atom.